The third-order valence-electron chi connectivity index (χ3n) is 4.21. The predicted molar refractivity (Wildman–Crippen MR) is 51.7 cm³/mol. The average molecular weight is 192 g/mol. The summed E-state index contributed by atoms with van der Waals surface area (Å²) in [7, 11) is 0. The van der Waals surface area contributed by atoms with E-state index in [1.165, 1.54) is 12.8 Å². The molecule has 3 rings (SSSR count). The Balaban J connectivity index is 1.75. The molecule has 1 spiro atoms. The van der Waals surface area contributed by atoms with Crippen LogP contribution in [0.25, 0.3) is 0 Å². The van der Waals surface area contributed by atoms with Gasteiger partial charge in [0.05, 0.1) is 5.92 Å². The smallest absolute Gasteiger partial charge is 0.146 e. The lowest BCUT2D eigenvalue weighted by atomic mass is 9.75. The Hall–Kier alpha value is -0.660. The van der Waals surface area contributed by atoms with Gasteiger partial charge in [0.25, 0.3) is 0 Å². The quantitative estimate of drug-likeness (QED) is 0.628. The third-order valence-corrected chi connectivity index (χ3v) is 4.21. The highest BCUT2D eigenvalue weighted by Crippen LogP contribution is 2.57. The molecule has 3 aliphatic carbocycles. The Morgan fingerprint density at radius 3 is 2.50 bits per heavy atom. The fourth-order valence-corrected chi connectivity index (χ4v) is 2.75. The molecule has 0 N–H and O–H groups in total. The number of carbonyl (C=O) groups excluding carboxylic acids is 2. The molecule has 0 saturated heterocycles. The average Bonchev–Trinajstić information content (AvgIpc) is 3.05. The molecule has 0 aliphatic heterocycles. The largest absolute Gasteiger partial charge is 0.299 e. The Morgan fingerprint density at radius 2 is 1.93 bits per heavy atom. The Kier molecular flexibility index (Phi) is 1.65. The predicted octanol–water partition coefficient (Wildman–Crippen LogP) is 2.11. The van der Waals surface area contributed by atoms with Crippen LogP contribution in [0.2, 0.25) is 0 Å². The summed E-state index contributed by atoms with van der Waals surface area (Å²) in [4.78, 5) is 23.5. The van der Waals surface area contributed by atoms with Crippen molar-refractivity contribution in [2.75, 3.05) is 0 Å². The van der Waals surface area contributed by atoms with Gasteiger partial charge in [-0.2, -0.15) is 0 Å². The molecule has 3 aliphatic rings. The fourth-order valence-electron chi connectivity index (χ4n) is 2.75. The summed E-state index contributed by atoms with van der Waals surface area (Å²) in [5, 5.41) is 0. The van der Waals surface area contributed by atoms with Gasteiger partial charge in [-0.3, -0.25) is 9.59 Å². The minimum atomic E-state index is -0.196. The van der Waals surface area contributed by atoms with Gasteiger partial charge < -0.3 is 0 Å². The van der Waals surface area contributed by atoms with Crippen molar-refractivity contribution in [2.45, 2.75) is 44.9 Å². The van der Waals surface area contributed by atoms with E-state index in [2.05, 4.69) is 0 Å². The van der Waals surface area contributed by atoms with Gasteiger partial charge in [0, 0.05) is 12.3 Å². The lowest BCUT2D eigenvalue weighted by Gasteiger charge is -2.26. The molecule has 14 heavy (non-hydrogen) atoms. The standard InChI is InChI=1S/C12H16O2/c13-10-3-4-12(5-6-12)7-9(10)11(14)8-1-2-8/h8-9H,1-7H2. The summed E-state index contributed by atoms with van der Waals surface area (Å²) in [5.41, 5.74) is 0.434. The summed E-state index contributed by atoms with van der Waals surface area (Å²) < 4.78 is 0. The summed E-state index contributed by atoms with van der Waals surface area (Å²) in [6, 6.07) is 0. The van der Waals surface area contributed by atoms with Crippen molar-refractivity contribution in [3.8, 4) is 0 Å². The Labute approximate surface area is 84.1 Å². The number of ketones is 2. The van der Waals surface area contributed by atoms with Gasteiger partial charge in [0.15, 0.2) is 0 Å². The third kappa shape index (κ3) is 1.32. The second-order valence-electron chi connectivity index (χ2n) is 5.40. The molecule has 2 heteroatoms. The second kappa shape index (κ2) is 2.68. The molecule has 2 nitrogen and oxygen atoms in total. The van der Waals surface area contributed by atoms with Crippen LogP contribution in [0.3, 0.4) is 0 Å². The van der Waals surface area contributed by atoms with E-state index in [1.807, 2.05) is 0 Å². The second-order valence-corrected chi connectivity index (χ2v) is 5.40. The molecule has 0 amide bonds. The van der Waals surface area contributed by atoms with Gasteiger partial charge in [-0.25, -0.2) is 0 Å². The van der Waals surface area contributed by atoms with Crippen LogP contribution in [0.1, 0.15) is 44.9 Å². The molecule has 1 unspecified atom stereocenters. The number of Topliss-reactive ketones (excluding diaryl/α,β-unsaturated/α-hetero) is 2. The number of carbonyl (C=O) groups is 2. The highest BCUT2D eigenvalue weighted by Gasteiger charge is 2.51. The summed E-state index contributed by atoms with van der Waals surface area (Å²) >= 11 is 0. The zero-order chi connectivity index (χ0) is 9.76. The molecule has 3 fully saturated rings. The van der Waals surface area contributed by atoms with Crippen LogP contribution in [-0.4, -0.2) is 11.6 Å². The van der Waals surface area contributed by atoms with E-state index in [0.717, 1.165) is 25.7 Å². The van der Waals surface area contributed by atoms with E-state index < -0.39 is 0 Å². The Morgan fingerprint density at radius 1 is 1.21 bits per heavy atom. The van der Waals surface area contributed by atoms with E-state index >= 15 is 0 Å². The molecule has 0 aromatic carbocycles. The van der Waals surface area contributed by atoms with E-state index in [1.54, 1.807) is 0 Å². The van der Waals surface area contributed by atoms with Crippen LogP contribution in [-0.2, 0) is 9.59 Å². The van der Waals surface area contributed by atoms with Crippen molar-refractivity contribution < 1.29 is 9.59 Å². The lowest BCUT2D eigenvalue weighted by molar-refractivity contribution is -0.136. The lowest BCUT2D eigenvalue weighted by Crippen LogP contribution is -2.32. The van der Waals surface area contributed by atoms with E-state index in [-0.39, 0.29) is 23.4 Å². The van der Waals surface area contributed by atoms with Crippen molar-refractivity contribution in [3.63, 3.8) is 0 Å². The van der Waals surface area contributed by atoms with Gasteiger partial charge in [-0.15, -0.1) is 0 Å². The van der Waals surface area contributed by atoms with E-state index in [9.17, 15) is 9.59 Å². The first kappa shape index (κ1) is 8.63. The van der Waals surface area contributed by atoms with Gasteiger partial charge in [0.1, 0.15) is 11.6 Å². The van der Waals surface area contributed by atoms with Crippen LogP contribution < -0.4 is 0 Å². The van der Waals surface area contributed by atoms with Gasteiger partial charge in [-0.1, -0.05) is 0 Å². The number of hydrogen-bond donors (Lipinski definition) is 0. The molecule has 0 aromatic rings. The minimum absolute atomic E-state index is 0.196. The first-order chi connectivity index (χ1) is 6.70. The zero-order valence-corrected chi connectivity index (χ0v) is 8.42. The number of hydrogen-bond acceptors (Lipinski definition) is 2. The normalized spacial score (nSPS) is 34.6. The van der Waals surface area contributed by atoms with E-state index in [4.69, 9.17) is 0 Å². The van der Waals surface area contributed by atoms with Gasteiger partial charge >= 0.3 is 0 Å². The highest BCUT2D eigenvalue weighted by atomic mass is 16.2. The maximum Gasteiger partial charge on any atom is 0.146 e. The van der Waals surface area contributed by atoms with Gasteiger partial charge in [-0.05, 0) is 43.9 Å². The Bertz CT molecular complexity index is 297. The molecule has 3 saturated carbocycles. The van der Waals surface area contributed by atoms with Crippen LogP contribution in [0, 0.1) is 17.3 Å². The summed E-state index contributed by atoms with van der Waals surface area (Å²) in [6.45, 7) is 0. The van der Waals surface area contributed by atoms with Crippen LogP contribution in [0.15, 0.2) is 0 Å². The fraction of sp³-hybridized carbons (Fsp3) is 0.833. The molecule has 0 heterocycles. The number of rotatable bonds is 2. The molecule has 76 valence electrons. The van der Waals surface area contributed by atoms with Crippen molar-refractivity contribution >= 4 is 11.6 Å². The first-order valence-electron chi connectivity index (χ1n) is 5.77. The molecule has 0 radical (unpaired) electrons. The highest BCUT2D eigenvalue weighted by molar-refractivity contribution is 6.04. The van der Waals surface area contributed by atoms with Crippen LogP contribution in [0.4, 0.5) is 0 Å². The van der Waals surface area contributed by atoms with Crippen LogP contribution in [0.5, 0.6) is 0 Å². The molecular weight excluding hydrogens is 176 g/mol. The molecule has 1 atom stereocenters. The minimum Gasteiger partial charge on any atom is -0.299 e. The van der Waals surface area contributed by atoms with Gasteiger partial charge in [0.2, 0.25) is 0 Å². The first-order valence-corrected chi connectivity index (χ1v) is 5.77. The SMILES string of the molecule is O=C1CCC2(CC2)CC1C(=O)C1CC1. The molecular formula is C12H16O2. The monoisotopic (exact) mass is 192 g/mol. The topological polar surface area (TPSA) is 34.1 Å². The maximum absolute atomic E-state index is 11.9. The molecule has 0 aromatic heterocycles. The summed E-state index contributed by atoms with van der Waals surface area (Å²) in [6.07, 6.45) is 7.21. The summed E-state index contributed by atoms with van der Waals surface area (Å²) in [5.74, 6) is 0.581. The van der Waals surface area contributed by atoms with Crippen molar-refractivity contribution in [3.05, 3.63) is 0 Å². The maximum atomic E-state index is 11.9. The van der Waals surface area contributed by atoms with Crippen LogP contribution >= 0.6 is 0 Å². The van der Waals surface area contributed by atoms with Crippen molar-refractivity contribution in [1.29, 1.82) is 0 Å². The zero-order valence-electron chi connectivity index (χ0n) is 8.42. The molecule has 0 bridgehead atoms. The van der Waals surface area contributed by atoms with Crippen molar-refractivity contribution in [2.24, 2.45) is 17.3 Å². The van der Waals surface area contributed by atoms with E-state index in [0.29, 0.717) is 11.8 Å². The van der Waals surface area contributed by atoms with Crippen molar-refractivity contribution in [1.82, 2.24) is 0 Å².